The second kappa shape index (κ2) is 8.83. The summed E-state index contributed by atoms with van der Waals surface area (Å²) in [5.74, 6) is -0.191. The summed E-state index contributed by atoms with van der Waals surface area (Å²) in [5.41, 5.74) is 1.98. The van der Waals surface area contributed by atoms with Crippen molar-refractivity contribution in [1.29, 1.82) is 0 Å². The SMILES string of the molecule is CC[NH+](CC)CCCNC(=O)[C@H]1CC(=O)N(c2ccccc2C)C1. The van der Waals surface area contributed by atoms with E-state index in [0.717, 1.165) is 37.3 Å². The van der Waals surface area contributed by atoms with Gasteiger partial charge in [-0.3, -0.25) is 9.59 Å². The number of hydrogen-bond acceptors (Lipinski definition) is 2. The molecule has 2 N–H and O–H groups in total. The molecule has 1 aliphatic rings. The molecule has 1 aliphatic heterocycles. The molecule has 0 radical (unpaired) electrons. The minimum absolute atomic E-state index is 0.00832. The maximum absolute atomic E-state index is 12.3. The fourth-order valence-corrected chi connectivity index (χ4v) is 3.28. The van der Waals surface area contributed by atoms with Crippen LogP contribution in [0.2, 0.25) is 0 Å². The smallest absolute Gasteiger partial charge is 0.227 e. The van der Waals surface area contributed by atoms with Gasteiger partial charge in [-0.2, -0.15) is 0 Å². The van der Waals surface area contributed by atoms with Gasteiger partial charge >= 0.3 is 0 Å². The Morgan fingerprint density at radius 2 is 2.00 bits per heavy atom. The van der Waals surface area contributed by atoms with Crippen molar-refractivity contribution in [3.05, 3.63) is 29.8 Å². The molecule has 0 aliphatic carbocycles. The molecular formula is C19H30N3O2+. The van der Waals surface area contributed by atoms with E-state index in [1.807, 2.05) is 31.2 Å². The maximum atomic E-state index is 12.3. The number of para-hydroxylation sites is 1. The molecule has 1 aromatic rings. The molecule has 5 nitrogen and oxygen atoms in total. The van der Waals surface area contributed by atoms with Crippen LogP contribution in [0.1, 0.15) is 32.3 Å². The molecule has 24 heavy (non-hydrogen) atoms. The minimum atomic E-state index is -0.238. The summed E-state index contributed by atoms with van der Waals surface area (Å²) in [6, 6.07) is 7.83. The van der Waals surface area contributed by atoms with Crippen LogP contribution in [0.25, 0.3) is 0 Å². The van der Waals surface area contributed by atoms with Gasteiger partial charge in [0.25, 0.3) is 0 Å². The normalized spacial score (nSPS) is 17.6. The zero-order valence-electron chi connectivity index (χ0n) is 15.1. The van der Waals surface area contributed by atoms with Crippen LogP contribution < -0.4 is 15.1 Å². The number of hydrogen-bond donors (Lipinski definition) is 2. The number of rotatable bonds is 8. The largest absolute Gasteiger partial charge is 0.356 e. The Morgan fingerprint density at radius 3 is 2.67 bits per heavy atom. The van der Waals surface area contributed by atoms with Crippen molar-refractivity contribution in [2.75, 3.05) is 37.6 Å². The summed E-state index contributed by atoms with van der Waals surface area (Å²) >= 11 is 0. The van der Waals surface area contributed by atoms with Crippen LogP contribution in [0.4, 0.5) is 5.69 Å². The van der Waals surface area contributed by atoms with Crippen LogP contribution >= 0.6 is 0 Å². The molecule has 1 atom stereocenters. The molecule has 0 bridgehead atoms. The fraction of sp³-hybridized carbons (Fsp3) is 0.579. The first-order valence-corrected chi connectivity index (χ1v) is 9.04. The van der Waals surface area contributed by atoms with E-state index in [4.69, 9.17) is 0 Å². The summed E-state index contributed by atoms with van der Waals surface area (Å²) in [4.78, 5) is 27.9. The molecule has 0 aromatic heterocycles. The summed E-state index contributed by atoms with van der Waals surface area (Å²) < 4.78 is 0. The number of nitrogens with zero attached hydrogens (tertiary/aromatic N) is 1. The van der Waals surface area contributed by atoms with Gasteiger partial charge < -0.3 is 15.1 Å². The molecule has 2 amide bonds. The Kier molecular flexibility index (Phi) is 6.79. The zero-order valence-corrected chi connectivity index (χ0v) is 15.1. The van der Waals surface area contributed by atoms with Crippen molar-refractivity contribution in [2.45, 2.75) is 33.6 Å². The maximum Gasteiger partial charge on any atom is 0.227 e. The molecule has 5 heteroatoms. The number of aryl methyl sites for hydroxylation is 1. The van der Waals surface area contributed by atoms with Crippen LogP contribution in [0, 0.1) is 12.8 Å². The Morgan fingerprint density at radius 1 is 1.29 bits per heavy atom. The quantitative estimate of drug-likeness (QED) is 0.691. The highest BCUT2D eigenvalue weighted by Crippen LogP contribution is 2.27. The van der Waals surface area contributed by atoms with Gasteiger partial charge in [0.15, 0.2) is 0 Å². The zero-order chi connectivity index (χ0) is 17.5. The average Bonchev–Trinajstić information content (AvgIpc) is 2.97. The number of carbonyl (C=O) groups excluding carboxylic acids is 2. The monoisotopic (exact) mass is 332 g/mol. The van der Waals surface area contributed by atoms with E-state index in [-0.39, 0.29) is 17.7 Å². The number of nitrogens with one attached hydrogen (secondary N) is 2. The lowest BCUT2D eigenvalue weighted by Crippen LogP contribution is -3.11. The Bertz CT molecular complexity index is 569. The van der Waals surface area contributed by atoms with Gasteiger partial charge in [0.05, 0.1) is 25.6 Å². The van der Waals surface area contributed by atoms with E-state index in [1.165, 1.54) is 0 Å². The Labute approximate surface area is 145 Å². The van der Waals surface area contributed by atoms with E-state index in [9.17, 15) is 9.59 Å². The predicted octanol–water partition coefficient (Wildman–Crippen LogP) is 0.779. The first-order chi connectivity index (χ1) is 11.6. The van der Waals surface area contributed by atoms with Gasteiger partial charge in [0.1, 0.15) is 0 Å². The second-order valence-electron chi connectivity index (χ2n) is 6.54. The minimum Gasteiger partial charge on any atom is -0.356 e. The molecule has 1 heterocycles. The highest BCUT2D eigenvalue weighted by atomic mass is 16.2. The number of amides is 2. The highest BCUT2D eigenvalue weighted by molar-refractivity contribution is 6.00. The van der Waals surface area contributed by atoms with Gasteiger partial charge in [-0.05, 0) is 32.4 Å². The van der Waals surface area contributed by atoms with E-state index in [0.29, 0.717) is 19.5 Å². The third-order valence-electron chi connectivity index (χ3n) is 4.91. The van der Waals surface area contributed by atoms with Crippen molar-refractivity contribution in [3.8, 4) is 0 Å². The van der Waals surface area contributed by atoms with E-state index < -0.39 is 0 Å². The summed E-state index contributed by atoms with van der Waals surface area (Å²) in [7, 11) is 0. The predicted molar refractivity (Wildman–Crippen MR) is 96.2 cm³/mol. The van der Waals surface area contributed by atoms with Crippen LogP contribution in [0.5, 0.6) is 0 Å². The van der Waals surface area contributed by atoms with Crippen molar-refractivity contribution in [3.63, 3.8) is 0 Å². The van der Waals surface area contributed by atoms with E-state index in [1.54, 1.807) is 9.80 Å². The first-order valence-electron chi connectivity index (χ1n) is 9.04. The molecule has 0 unspecified atom stereocenters. The van der Waals surface area contributed by atoms with E-state index >= 15 is 0 Å². The molecular weight excluding hydrogens is 302 g/mol. The Hall–Kier alpha value is -1.88. The molecule has 1 saturated heterocycles. The van der Waals surface area contributed by atoms with Crippen LogP contribution in [-0.4, -0.2) is 44.5 Å². The lowest BCUT2D eigenvalue weighted by molar-refractivity contribution is -0.896. The molecule has 2 rings (SSSR count). The summed E-state index contributed by atoms with van der Waals surface area (Å²) in [6.07, 6.45) is 1.28. The molecule has 132 valence electrons. The fourth-order valence-electron chi connectivity index (χ4n) is 3.28. The van der Waals surface area contributed by atoms with Gasteiger partial charge in [0.2, 0.25) is 11.8 Å². The van der Waals surface area contributed by atoms with Gasteiger partial charge in [0, 0.05) is 31.6 Å². The van der Waals surface area contributed by atoms with Crippen molar-refractivity contribution in [2.24, 2.45) is 5.92 Å². The van der Waals surface area contributed by atoms with E-state index in [2.05, 4.69) is 19.2 Å². The number of benzene rings is 1. The summed E-state index contributed by atoms with van der Waals surface area (Å²) in [6.45, 7) is 10.8. The van der Waals surface area contributed by atoms with Crippen molar-refractivity contribution in [1.82, 2.24) is 5.32 Å². The second-order valence-corrected chi connectivity index (χ2v) is 6.54. The van der Waals surface area contributed by atoms with Gasteiger partial charge in [-0.15, -0.1) is 0 Å². The first kappa shape index (κ1) is 18.5. The standard InChI is InChI=1S/C19H29N3O2/c1-4-21(5-2)12-8-11-20-19(24)16-13-18(23)22(14-16)17-10-7-6-9-15(17)3/h6-7,9-10,16H,4-5,8,11-14H2,1-3H3,(H,20,24)/p+1/t16-/m0/s1. The van der Waals surface area contributed by atoms with Crippen LogP contribution in [0.15, 0.2) is 24.3 Å². The number of carbonyl (C=O) groups is 2. The topological polar surface area (TPSA) is 53.9 Å². The molecule has 1 fully saturated rings. The summed E-state index contributed by atoms with van der Waals surface area (Å²) in [5, 5.41) is 3.00. The number of anilines is 1. The Balaban J connectivity index is 1.82. The lowest BCUT2D eigenvalue weighted by Gasteiger charge is -2.19. The highest BCUT2D eigenvalue weighted by Gasteiger charge is 2.35. The lowest BCUT2D eigenvalue weighted by atomic mass is 10.1. The van der Waals surface area contributed by atoms with Crippen molar-refractivity contribution < 1.29 is 14.5 Å². The average molecular weight is 332 g/mol. The van der Waals surface area contributed by atoms with Crippen LogP contribution in [-0.2, 0) is 9.59 Å². The molecule has 0 spiro atoms. The third kappa shape index (κ3) is 4.57. The van der Waals surface area contributed by atoms with Crippen molar-refractivity contribution >= 4 is 17.5 Å². The van der Waals surface area contributed by atoms with Gasteiger partial charge in [-0.1, -0.05) is 18.2 Å². The number of quaternary nitrogens is 1. The van der Waals surface area contributed by atoms with Crippen LogP contribution in [0.3, 0.4) is 0 Å². The molecule has 1 aromatic carbocycles. The van der Waals surface area contributed by atoms with Gasteiger partial charge in [-0.25, -0.2) is 0 Å². The molecule has 0 saturated carbocycles. The third-order valence-corrected chi connectivity index (χ3v) is 4.91.